The van der Waals surface area contributed by atoms with Gasteiger partial charge in [-0.15, -0.1) is 0 Å². The lowest BCUT2D eigenvalue weighted by Gasteiger charge is -2.59. The fraction of sp³-hybridized carbons (Fsp3) is 0.800. The monoisotopic (exact) mass is 410 g/mol. The van der Waals surface area contributed by atoms with Crippen molar-refractivity contribution in [2.45, 2.75) is 70.8 Å². The van der Waals surface area contributed by atoms with E-state index in [0.717, 1.165) is 38.5 Å². The molecule has 0 aromatic rings. The predicted molar refractivity (Wildman–Crippen MR) is 106 cm³/mol. The Balaban J connectivity index is 1.31. The smallest absolute Gasteiger partial charge is 0.321 e. The highest BCUT2D eigenvalue weighted by Gasteiger charge is 2.81. The molecule has 10 atom stereocenters. The third kappa shape index (κ3) is 1.79. The Bertz CT molecular complexity index is 965. The average molecular weight is 411 g/mol. The molecule has 0 amide bonds. The van der Waals surface area contributed by atoms with Crippen molar-refractivity contribution in [3.63, 3.8) is 0 Å². The summed E-state index contributed by atoms with van der Waals surface area (Å²) < 4.78 is 6.11. The van der Waals surface area contributed by atoms with Crippen LogP contribution in [0.4, 0.5) is 0 Å². The van der Waals surface area contributed by atoms with E-state index in [1.165, 1.54) is 5.57 Å². The highest BCUT2D eigenvalue weighted by molar-refractivity contribution is 5.96. The van der Waals surface area contributed by atoms with Gasteiger partial charge in [-0.1, -0.05) is 25.0 Å². The molecule has 1 aliphatic heterocycles. The van der Waals surface area contributed by atoms with Crippen molar-refractivity contribution in [1.82, 2.24) is 0 Å². The molecule has 6 aliphatic carbocycles. The third-order valence-corrected chi connectivity index (χ3v) is 11.2. The highest BCUT2D eigenvalue weighted by Crippen LogP contribution is 2.81. The molecule has 6 fully saturated rings. The van der Waals surface area contributed by atoms with Gasteiger partial charge in [-0.25, -0.2) is 0 Å². The summed E-state index contributed by atoms with van der Waals surface area (Å²) in [5, 5.41) is 9.59. The number of Topliss-reactive ketones (excluding diaryl/α,β-unsaturated/α-hetero) is 1. The summed E-state index contributed by atoms with van der Waals surface area (Å²) >= 11 is 0. The summed E-state index contributed by atoms with van der Waals surface area (Å²) in [7, 11) is 0. The van der Waals surface area contributed by atoms with Gasteiger partial charge in [0.05, 0.1) is 0 Å². The molecule has 0 bridgehead atoms. The van der Waals surface area contributed by atoms with Crippen molar-refractivity contribution in [3.8, 4) is 0 Å². The van der Waals surface area contributed by atoms with Gasteiger partial charge in [0.25, 0.3) is 0 Å². The minimum atomic E-state index is -1.02. The Morgan fingerprint density at radius 1 is 1.17 bits per heavy atom. The third-order valence-electron chi connectivity index (χ3n) is 11.2. The maximum atomic E-state index is 12.5. The van der Waals surface area contributed by atoms with Crippen LogP contribution in [0.2, 0.25) is 0 Å². The number of ether oxygens (including phenoxy) is 1. The number of hydrogen-bond donors (Lipinski definition) is 1. The molecule has 5 nitrogen and oxygen atoms in total. The van der Waals surface area contributed by atoms with Crippen LogP contribution in [0.25, 0.3) is 0 Å². The topological polar surface area (TPSA) is 80.7 Å². The molecule has 160 valence electrons. The number of fused-ring (bicyclic) bond motifs is 11. The van der Waals surface area contributed by atoms with Crippen molar-refractivity contribution in [1.29, 1.82) is 0 Å². The molecule has 0 radical (unpaired) electrons. The predicted octanol–water partition coefficient (Wildman–Crippen LogP) is 3.76. The van der Waals surface area contributed by atoms with E-state index >= 15 is 0 Å². The van der Waals surface area contributed by atoms with E-state index in [2.05, 4.69) is 13.8 Å². The van der Waals surface area contributed by atoms with Crippen LogP contribution in [0, 0.1) is 52.3 Å². The van der Waals surface area contributed by atoms with E-state index < -0.39 is 23.5 Å². The van der Waals surface area contributed by atoms with Crippen LogP contribution in [0.3, 0.4) is 0 Å². The Kier molecular flexibility index (Phi) is 3.02. The van der Waals surface area contributed by atoms with Gasteiger partial charge in [-0.3, -0.25) is 14.4 Å². The van der Waals surface area contributed by atoms with Crippen LogP contribution in [0.1, 0.15) is 65.2 Å². The van der Waals surface area contributed by atoms with E-state index in [1.807, 2.05) is 0 Å². The molecular formula is C25H30O5. The fourth-order valence-electron chi connectivity index (χ4n) is 9.85. The van der Waals surface area contributed by atoms with E-state index in [0.29, 0.717) is 54.1 Å². The first kappa shape index (κ1) is 18.0. The van der Waals surface area contributed by atoms with E-state index in [-0.39, 0.29) is 10.8 Å². The van der Waals surface area contributed by atoms with Crippen molar-refractivity contribution < 1.29 is 24.2 Å². The van der Waals surface area contributed by atoms with Crippen LogP contribution < -0.4 is 0 Å². The maximum Gasteiger partial charge on any atom is 0.321 e. The van der Waals surface area contributed by atoms with Gasteiger partial charge >= 0.3 is 11.9 Å². The van der Waals surface area contributed by atoms with Crippen molar-refractivity contribution in [3.05, 3.63) is 11.1 Å². The number of ketones is 1. The van der Waals surface area contributed by atoms with Gasteiger partial charge in [0.2, 0.25) is 0 Å². The quantitative estimate of drug-likeness (QED) is 0.404. The first-order chi connectivity index (χ1) is 14.2. The Morgan fingerprint density at radius 2 is 1.97 bits per heavy atom. The molecule has 1 N–H and O–H groups in total. The summed E-state index contributed by atoms with van der Waals surface area (Å²) in [6.07, 6.45) is 7.16. The molecule has 0 aromatic heterocycles. The first-order valence-corrected chi connectivity index (χ1v) is 11.9. The summed E-state index contributed by atoms with van der Waals surface area (Å²) in [4.78, 5) is 36.5. The molecule has 1 spiro atoms. The second-order valence-corrected chi connectivity index (χ2v) is 12.0. The second-order valence-electron chi connectivity index (χ2n) is 12.0. The Morgan fingerprint density at radius 3 is 2.70 bits per heavy atom. The maximum absolute atomic E-state index is 12.5. The van der Waals surface area contributed by atoms with Gasteiger partial charge in [0, 0.05) is 30.6 Å². The number of hydrogen-bond acceptors (Lipinski definition) is 4. The van der Waals surface area contributed by atoms with Crippen molar-refractivity contribution in [2.75, 3.05) is 0 Å². The first-order valence-electron chi connectivity index (χ1n) is 11.9. The van der Waals surface area contributed by atoms with Gasteiger partial charge in [-0.05, 0) is 67.1 Å². The molecule has 30 heavy (non-hydrogen) atoms. The number of carbonyl (C=O) groups excluding carboxylic acids is 2. The summed E-state index contributed by atoms with van der Waals surface area (Å²) in [6, 6.07) is 0. The molecule has 1 heterocycles. The van der Waals surface area contributed by atoms with E-state index in [9.17, 15) is 19.5 Å². The summed E-state index contributed by atoms with van der Waals surface area (Å²) in [5.74, 6) is 1.23. The van der Waals surface area contributed by atoms with Crippen LogP contribution in [0.5, 0.6) is 0 Å². The van der Waals surface area contributed by atoms with Crippen LogP contribution >= 0.6 is 0 Å². The zero-order valence-electron chi connectivity index (χ0n) is 17.8. The fourth-order valence-corrected chi connectivity index (χ4v) is 9.85. The lowest BCUT2D eigenvalue weighted by Crippen LogP contribution is -2.57. The molecule has 7 rings (SSSR count). The minimum Gasteiger partial charge on any atom is -0.481 e. The van der Waals surface area contributed by atoms with Crippen LogP contribution in [0.15, 0.2) is 11.1 Å². The molecule has 0 aromatic carbocycles. The van der Waals surface area contributed by atoms with Gasteiger partial charge < -0.3 is 9.84 Å². The number of aliphatic carboxylic acids is 1. The lowest BCUT2D eigenvalue weighted by molar-refractivity contribution is -0.177. The largest absolute Gasteiger partial charge is 0.481 e. The summed E-state index contributed by atoms with van der Waals surface area (Å²) in [6.45, 7) is 4.76. The molecule has 5 heteroatoms. The average Bonchev–Trinajstić information content (AvgIpc) is 3.59. The SMILES string of the molecule is C[C@]12CCC(=O)CC1=C1CC1C1C2CC[C@@]2(C)C1C1CC1[C@@]21CC(C(=O)O)C(=O)O1. The lowest BCUT2D eigenvalue weighted by atomic mass is 9.45. The zero-order chi connectivity index (χ0) is 20.8. The van der Waals surface area contributed by atoms with Gasteiger partial charge in [0.15, 0.2) is 5.92 Å². The molecular weight excluding hydrogens is 380 g/mol. The van der Waals surface area contributed by atoms with Gasteiger partial charge in [-0.2, -0.15) is 0 Å². The molecule has 7 unspecified atom stereocenters. The van der Waals surface area contributed by atoms with Crippen LogP contribution in [-0.4, -0.2) is 28.4 Å². The molecule has 7 aliphatic rings. The Hall–Kier alpha value is -1.65. The molecule has 1 saturated heterocycles. The number of allylic oxidation sites excluding steroid dienone is 2. The van der Waals surface area contributed by atoms with Crippen molar-refractivity contribution in [2.24, 2.45) is 52.3 Å². The summed E-state index contributed by atoms with van der Waals surface area (Å²) in [5.41, 5.74) is 2.58. The number of esters is 1. The standard InChI is InChI=1S/C25H30O5/c1-23-5-3-11(26)7-17(23)12-8-13(12)19-16(23)4-6-24(2)20(19)14-9-18(14)25(24)10-15(21(27)28)22(29)30-25/h13-16,18-20H,3-10H2,1-2H3,(H,27,28)/t13?,14?,15?,16?,18?,19?,20?,23-,24+,25+/m1/s1. The normalized spacial score (nSPS) is 57.2. The zero-order valence-corrected chi connectivity index (χ0v) is 17.8. The number of carboxylic acid groups (broad SMARTS) is 1. The van der Waals surface area contributed by atoms with Crippen molar-refractivity contribution >= 4 is 17.7 Å². The Labute approximate surface area is 176 Å². The second kappa shape index (κ2) is 5.05. The number of rotatable bonds is 1. The number of carboxylic acids is 1. The highest BCUT2D eigenvalue weighted by atomic mass is 16.6. The minimum absolute atomic E-state index is 0.104. The van der Waals surface area contributed by atoms with Crippen LogP contribution in [-0.2, 0) is 19.1 Å². The van der Waals surface area contributed by atoms with E-state index in [4.69, 9.17) is 4.74 Å². The number of carbonyl (C=O) groups is 3. The molecule has 5 saturated carbocycles. The van der Waals surface area contributed by atoms with Gasteiger partial charge in [0.1, 0.15) is 11.4 Å². The van der Waals surface area contributed by atoms with E-state index in [1.54, 1.807) is 5.57 Å².